The van der Waals surface area contributed by atoms with Gasteiger partial charge in [-0.1, -0.05) is 0 Å². The summed E-state index contributed by atoms with van der Waals surface area (Å²) in [5.74, 6) is 0. The van der Waals surface area contributed by atoms with E-state index in [1.165, 1.54) is 121 Å². The van der Waals surface area contributed by atoms with Gasteiger partial charge in [0.15, 0.2) is 0 Å². The first-order chi connectivity index (χ1) is 33.0. The summed E-state index contributed by atoms with van der Waals surface area (Å²) in [5.41, 5.74) is 24.6. The monoisotopic (exact) mass is 1030 g/mol. The third-order valence-corrected chi connectivity index (χ3v) is 23.7. The molecule has 9 aromatic rings. The van der Waals surface area contributed by atoms with E-state index in [0.29, 0.717) is 0 Å². The second-order valence-electron chi connectivity index (χ2n) is 18.8. The van der Waals surface area contributed by atoms with Gasteiger partial charge in [0.2, 0.25) is 0 Å². The van der Waals surface area contributed by atoms with Crippen LogP contribution in [0.5, 0.6) is 0 Å². The Morgan fingerprint density at radius 1 is 0.282 bits per heavy atom. The standard InChI is InChI=1S/C66H57Si.3ClH.Ti/c1-44-45(2)47(4)66(46(44)3)67(57-38-60(51-26-14-8-15-27-51)48(5)61(39-57)52-28-16-9-17-29-52,58-40-62(53-30-18-10-19-31-53)49(6)63(41-58)54-32-20-11-21-33-54)59-42-64(55-34-22-12-23-35-55)50(7)65(43-59)56-36-24-13-25-37-56;;;;/h8-43H,1-7H3;3*1H;/q;;;;+3/p-3. The first kappa shape index (κ1) is 53.1. The molecule has 9 aromatic carbocycles. The number of halogens is 3. The van der Waals surface area contributed by atoms with Crippen molar-refractivity contribution in [1.82, 2.24) is 0 Å². The Hall–Kier alpha value is -5.74. The summed E-state index contributed by atoms with van der Waals surface area (Å²) in [5, 5.41) is 4.19. The zero-order valence-corrected chi connectivity index (χ0v) is 46.2. The van der Waals surface area contributed by atoms with Crippen molar-refractivity contribution < 1.29 is 57.7 Å². The SMILES string of the molecule is CC1=C(C)[C]([Ti+3])([Si](c2cc(-c3ccccc3)c(C)c(-c3ccccc3)c2)(c2cc(-c3ccccc3)c(C)c(-c3ccccc3)c2)c2cc(-c3ccccc3)c(C)c(-c3ccccc3)c2)C(C)=C1C.[Cl-].[Cl-].[Cl-]. The second kappa shape index (κ2) is 21.9. The summed E-state index contributed by atoms with van der Waals surface area (Å²) in [6.07, 6.45) is 0. The molecule has 1 aliphatic carbocycles. The van der Waals surface area contributed by atoms with E-state index in [-0.39, 0.29) is 37.2 Å². The van der Waals surface area contributed by atoms with Crippen molar-refractivity contribution in [3.8, 4) is 66.8 Å². The van der Waals surface area contributed by atoms with Crippen LogP contribution in [0, 0.1) is 20.8 Å². The van der Waals surface area contributed by atoms with Crippen molar-refractivity contribution in [2.75, 3.05) is 0 Å². The number of allylic oxidation sites excluding steroid dienone is 4. The molecule has 0 heterocycles. The van der Waals surface area contributed by atoms with Crippen molar-refractivity contribution >= 4 is 23.6 Å². The Morgan fingerprint density at radius 2 is 0.451 bits per heavy atom. The van der Waals surface area contributed by atoms with Crippen LogP contribution in [0.4, 0.5) is 0 Å². The predicted molar refractivity (Wildman–Crippen MR) is 290 cm³/mol. The van der Waals surface area contributed by atoms with E-state index in [4.69, 9.17) is 0 Å². The Morgan fingerprint density at radius 3 is 0.620 bits per heavy atom. The van der Waals surface area contributed by atoms with Crippen molar-refractivity contribution in [2.45, 2.75) is 51.8 Å². The van der Waals surface area contributed by atoms with E-state index >= 15 is 0 Å². The van der Waals surface area contributed by atoms with Crippen molar-refractivity contribution in [3.63, 3.8) is 0 Å². The molecule has 10 rings (SSSR count). The molecule has 5 heteroatoms. The second-order valence-corrected chi connectivity index (χ2v) is 24.7. The molecule has 0 fully saturated rings. The number of rotatable bonds is 10. The average Bonchev–Trinajstić information content (AvgIpc) is 3.54. The van der Waals surface area contributed by atoms with Gasteiger partial charge in [-0.2, -0.15) is 0 Å². The molecule has 0 spiro atoms. The van der Waals surface area contributed by atoms with Gasteiger partial charge < -0.3 is 37.2 Å². The van der Waals surface area contributed by atoms with Gasteiger partial charge in [-0.25, -0.2) is 0 Å². The summed E-state index contributed by atoms with van der Waals surface area (Å²) >= 11 is 2.63. The first-order valence-electron chi connectivity index (χ1n) is 23.9. The molecule has 71 heavy (non-hydrogen) atoms. The molecule has 0 bridgehead atoms. The number of hydrogen-bond acceptors (Lipinski definition) is 0. The van der Waals surface area contributed by atoms with Crippen LogP contribution in [0.25, 0.3) is 66.8 Å². The Kier molecular flexibility index (Phi) is 16.4. The van der Waals surface area contributed by atoms with Crippen LogP contribution in [-0.2, 0) is 20.4 Å². The van der Waals surface area contributed by atoms with E-state index in [1.807, 2.05) is 0 Å². The zero-order chi connectivity index (χ0) is 47.2. The van der Waals surface area contributed by atoms with Crippen LogP contribution in [0.3, 0.4) is 0 Å². The topological polar surface area (TPSA) is 0 Å². The minimum Gasteiger partial charge on any atom is -1.00 e. The van der Waals surface area contributed by atoms with Crippen LogP contribution in [0.1, 0.15) is 44.4 Å². The minimum atomic E-state index is -3.49. The molecule has 0 saturated heterocycles. The molecular weight excluding hydrogens is 975 g/mol. The molecule has 0 unspecified atom stereocenters. The molecule has 0 aliphatic heterocycles. The van der Waals surface area contributed by atoms with E-state index in [0.717, 1.165) is 0 Å². The van der Waals surface area contributed by atoms with Crippen molar-refractivity contribution in [1.29, 1.82) is 0 Å². The maximum Gasteiger partial charge on any atom is -1.00 e. The maximum atomic E-state index is 2.63. The van der Waals surface area contributed by atoms with Gasteiger partial charge >= 0.3 is 420 Å². The van der Waals surface area contributed by atoms with E-state index in [9.17, 15) is 0 Å². The van der Waals surface area contributed by atoms with Gasteiger partial charge in [0.05, 0.1) is 0 Å². The van der Waals surface area contributed by atoms with Crippen molar-refractivity contribution in [3.05, 3.63) is 257 Å². The molecule has 1 aliphatic rings. The Bertz CT molecular complexity index is 2860. The largest absolute Gasteiger partial charge is 1.00 e. The number of hydrogen-bond donors (Lipinski definition) is 0. The van der Waals surface area contributed by atoms with Gasteiger partial charge in [-0.15, -0.1) is 0 Å². The summed E-state index contributed by atoms with van der Waals surface area (Å²) in [7, 11) is -3.49. The fraction of sp³-hybridized carbons (Fsp3) is 0.121. The summed E-state index contributed by atoms with van der Waals surface area (Å²) in [4.78, 5) is 0. The molecule has 0 saturated carbocycles. The molecule has 0 radical (unpaired) electrons. The summed E-state index contributed by atoms with van der Waals surface area (Å²) in [6.45, 7) is 16.7. The van der Waals surface area contributed by atoms with Crippen LogP contribution in [-0.4, -0.2) is 8.07 Å². The zero-order valence-electron chi connectivity index (χ0n) is 41.4. The average molecular weight is 1030 g/mol. The third-order valence-electron chi connectivity index (χ3n) is 15.4. The minimum absolute atomic E-state index is 0. The molecule has 0 N–H and O–H groups in total. The predicted octanol–water partition coefficient (Wildman–Crippen LogP) is 7.03. The molecule has 0 nitrogen and oxygen atoms in total. The summed E-state index contributed by atoms with van der Waals surface area (Å²) in [6, 6.07) is 82.5. The number of benzene rings is 9. The van der Waals surface area contributed by atoms with Crippen LogP contribution >= 0.6 is 0 Å². The fourth-order valence-corrected chi connectivity index (χ4v) is 20.0. The van der Waals surface area contributed by atoms with Gasteiger partial charge in [0.1, 0.15) is 0 Å². The maximum absolute atomic E-state index is 3.49. The molecule has 350 valence electrons. The molecule has 0 aromatic heterocycles. The quantitative estimate of drug-likeness (QED) is 0.102. The smallest absolute Gasteiger partial charge is 1.00 e. The van der Waals surface area contributed by atoms with E-state index < -0.39 is 11.4 Å². The third kappa shape index (κ3) is 9.12. The van der Waals surface area contributed by atoms with Crippen LogP contribution in [0.15, 0.2) is 241 Å². The molecule has 0 amide bonds. The first-order valence-corrected chi connectivity index (χ1v) is 26.7. The molecule has 0 atom stereocenters. The van der Waals surface area contributed by atoms with E-state index in [2.05, 4.69) is 287 Å². The van der Waals surface area contributed by atoms with Gasteiger partial charge in [-0.05, 0) is 0 Å². The van der Waals surface area contributed by atoms with E-state index in [1.54, 1.807) is 0 Å². The summed E-state index contributed by atoms with van der Waals surface area (Å²) < 4.78 is -0.410. The Labute approximate surface area is 453 Å². The van der Waals surface area contributed by atoms with Crippen LogP contribution < -0.4 is 52.8 Å². The molecular formula is C66H57Cl3SiTi. The Balaban J connectivity index is 0.00000247. The van der Waals surface area contributed by atoms with Gasteiger partial charge in [0, 0.05) is 0 Å². The fourth-order valence-electron chi connectivity index (χ4n) is 11.4. The van der Waals surface area contributed by atoms with Crippen molar-refractivity contribution in [2.24, 2.45) is 0 Å². The van der Waals surface area contributed by atoms with Gasteiger partial charge in [0.25, 0.3) is 0 Å². The van der Waals surface area contributed by atoms with Crippen LogP contribution in [0.2, 0.25) is 3.34 Å². The normalized spacial score (nSPS) is 13.0. The van der Waals surface area contributed by atoms with Gasteiger partial charge in [-0.3, -0.25) is 0 Å².